The van der Waals surface area contributed by atoms with Crippen LogP contribution in [0.25, 0.3) is 0 Å². The highest BCUT2D eigenvalue weighted by atomic mass is 79.9. The van der Waals surface area contributed by atoms with Gasteiger partial charge in [-0.2, -0.15) is 0 Å². The molecule has 0 aliphatic rings. The fraction of sp³-hybridized carbons (Fsp3) is 0.294. The second kappa shape index (κ2) is 6.09. The van der Waals surface area contributed by atoms with Crippen LogP contribution in [-0.2, 0) is 5.41 Å². The van der Waals surface area contributed by atoms with Crippen molar-refractivity contribution in [1.29, 1.82) is 0 Å². The average Bonchev–Trinajstić information content (AvgIpc) is 2.37. The maximum Gasteiger partial charge on any atom is 0.0662 e. The molecule has 0 saturated heterocycles. The number of benzene rings is 2. The minimum absolute atomic E-state index is 0.0580. The van der Waals surface area contributed by atoms with E-state index in [1.54, 1.807) is 6.07 Å². The summed E-state index contributed by atoms with van der Waals surface area (Å²) in [5, 5.41) is 1.34. The zero-order valence-electron chi connectivity index (χ0n) is 11.8. The van der Waals surface area contributed by atoms with Gasteiger partial charge in [-0.15, -0.1) is 0 Å². The van der Waals surface area contributed by atoms with Crippen molar-refractivity contribution in [2.75, 3.05) is 0 Å². The molecule has 106 valence electrons. The first-order chi connectivity index (χ1) is 9.30. The fourth-order valence-corrected chi connectivity index (χ4v) is 3.72. The lowest BCUT2D eigenvalue weighted by molar-refractivity contribution is 0.584. The van der Waals surface area contributed by atoms with Crippen LogP contribution in [0.1, 0.15) is 42.3 Å². The summed E-state index contributed by atoms with van der Waals surface area (Å²) in [5.74, 6) is 0. The van der Waals surface area contributed by atoms with E-state index in [9.17, 15) is 0 Å². The Labute approximate surface area is 139 Å². The smallest absolute Gasteiger partial charge is 0.0662 e. The molecule has 0 fully saturated rings. The molecule has 1 unspecified atom stereocenters. The van der Waals surface area contributed by atoms with Crippen molar-refractivity contribution in [3.8, 4) is 0 Å². The predicted octanol–water partition coefficient (Wildman–Crippen LogP) is 6.78. The monoisotopic (exact) mass is 370 g/mol. The number of alkyl halides is 1. The van der Waals surface area contributed by atoms with E-state index in [0.29, 0.717) is 10.0 Å². The highest BCUT2D eigenvalue weighted by Gasteiger charge is 2.23. The van der Waals surface area contributed by atoms with Crippen LogP contribution in [0.3, 0.4) is 0 Å². The summed E-state index contributed by atoms with van der Waals surface area (Å²) in [5.41, 5.74) is 3.67. The summed E-state index contributed by atoms with van der Waals surface area (Å²) < 4.78 is 0. The van der Waals surface area contributed by atoms with Crippen LogP contribution in [0.2, 0.25) is 10.0 Å². The third kappa shape index (κ3) is 3.39. The van der Waals surface area contributed by atoms with Crippen LogP contribution >= 0.6 is 39.1 Å². The molecule has 2 aromatic carbocycles. The molecule has 0 nitrogen and oxygen atoms in total. The molecule has 0 amide bonds. The average molecular weight is 372 g/mol. The third-order valence-electron chi connectivity index (χ3n) is 3.28. The molecule has 2 rings (SSSR count). The largest absolute Gasteiger partial charge is 0.0843 e. The van der Waals surface area contributed by atoms with Gasteiger partial charge < -0.3 is 0 Å². The molecule has 0 radical (unpaired) electrons. The van der Waals surface area contributed by atoms with E-state index >= 15 is 0 Å². The summed E-state index contributed by atoms with van der Waals surface area (Å²) in [4.78, 5) is 0.0580. The zero-order chi connectivity index (χ0) is 14.9. The van der Waals surface area contributed by atoms with Gasteiger partial charge in [-0.05, 0) is 34.2 Å². The Hall–Kier alpha value is -0.500. The second-order valence-electron chi connectivity index (χ2n) is 5.87. The van der Waals surface area contributed by atoms with E-state index in [1.807, 2.05) is 12.1 Å². The van der Waals surface area contributed by atoms with E-state index in [4.69, 9.17) is 23.2 Å². The Morgan fingerprint density at radius 3 is 2.20 bits per heavy atom. The number of halogens is 3. The van der Waals surface area contributed by atoms with E-state index in [0.717, 1.165) is 5.56 Å². The van der Waals surface area contributed by atoms with Crippen molar-refractivity contribution in [3.05, 3.63) is 69.2 Å². The summed E-state index contributed by atoms with van der Waals surface area (Å²) in [6.07, 6.45) is 0. The second-order valence-corrected chi connectivity index (χ2v) is 7.62. The van der Waals surface area contributed by atoms with E-state index in [2.05, 4.69) is 61.0 Å². The van der Waals surface area contributed by atoms with Crippen molar-refractivity contribution in [3.63, 3.8) is 0 Å². The highest BCUT2D eigenvalue weighted by Crippen LogP contribution is 2.40. The molecule has 0 N–H and O–H groups in total. The Morgan fingerprint density at radius 1 is 0.950 bits per heavy atom. The van der Waals surface area contributed by atoms with Crippen LogP contribution < -0.4 is 0 Å². The summed E-state index contributed by atoms with van der Waals surface area (Å²) in [7, 11) is 0. The van der Waals surface area contributed by atoms with Gasteiger partial charge in [-0.25, -0.2) is 0 Å². The van der Waals surface area contributed by atoms with Gasteiger partial charge in [0.1, 0.15) is 0 Å². The molecule has 0 aliphatic carbocycles. The first-order valence-corrected chi connectivity index (χ1v) is 8.16. The van der Waals surface area contributed by atoms with Crippen LogP contribution in [0, 0.1) is 0 Å². The molecule has 0 bridgehead atoms. The molecule has 0 spiro atoms. The zero-order valence-corrected chi connectivity index (χ0v) is 14.9. The predicted molar refractivity (Wildman–Crippen MR) is 92.4 cm³/mol. The molecule has 1 atom stereocenters. The maximum absolute atomic E-state index is 6.33. The lowest BCUT2D eigenvalue weighted by atomic mass is 9.82. The Kier molecular flexibility index (Phi) is 4.84. The summed E-state index contributed by atoms with van der Waals surface area (Å²) in [6.45, 7) is 6.65. The maximum atomic E-state index is 6.33. The van der Waals surface area contributed by atoms with Gasteiger partial charge >= 0.3 is 0 Å². The molecule has 0 aromatic heterocycles. The molecular formula is C17H17BrCl2. The number of hydrogen-bond donors (Lipinski definition) is 0. The highest BCUT2D eigenvalue weighted by molar-refractivity contribution is 9.09. The lowest BCUT2D eigenvalue weighted by Crippen LogP contribution is -2.15. The van der Waals surface area contributed by atoms with Crippen LogP contribution in [0.15, 0.2) is 42.5 Å². The van der Waals surface area contributed by atoms with E-state index in [1.165, 1.54) is 11.1 Å². The van der Waals surface area contributed by atoms with Gasteiger partial charge in [0, 0.05) is 10.0 Å². The van der Waals surface area contributed by atoms with E-state index in [-0.39, 0.29) is 10.2 Å². The fourth-order valence-electron chi connectivity index (χ4n) is 2.28. The van der Waals surface area contributed by atoms with Gasteiger partial charge in [0.05, 0.1) is 4.83 Å². The van der Waals surface area contributed by atoms with Crippen LogP contribution in [0.5, 0.6) is 0 Å². The molecule has 20 heavy (non-hydrogen) atoms. The Balaban J connectivity index is 2.51. The molecule has 2 aromatic rings. The minimum atomic E-state index is 0.0580. The SMILES string of the molecule is CC(C)(C)c1ccccc1C(Br)c1ccc(Cl)cc1Cl. The first-order valence-electron chi connectivity index (χ1n) is 6.49. The van der Waals surface area contributed by atoms with Crippen LogP contribution in [-0.4, -0.2) is 0 Å². The lowest BCUT2D eigenvalue weighted by Gasteiger charge is -2.25. The van der Waals surface area contributed by atoms with Gasteiger partial charge in [-0.3, -0.25) is 0 Å². The summed E-state index contributed by atoms with van der Waals surface area (Å²) in [6, 6.07) is 14.1. The van der Waals surface area contributed by atoms with Crippen molar-refractivity contribution in [1.82, 2.24) is 0 Å². The minimum Gasteiger partial charge on any atom is -0.0843 e. The van der Waals surface area contributed by atoms with Gasteiger partial charge in [-0.1, -0.05) is 90.2 Å². The van der Waals surface area contributed by atoms with E-state index < -0.39 is 0 Å². The summed E-state index contributed by atoms with van der Waals surface area (Å²) >= 11 is 16.1. The quantitative estimate of drug-likeness (QED) is 0.510. The third-order valence-corrected chi connectivity index (χ3v) is 4.83. The van der Waals surface area contributed by atoms with Crippen molar-refractivity contribution < 1.29 is 0 Å². The van der Waals surface area contributed by atoms with Crippen molar-refractivity contribution in [2.45, 2.75) is 31.0 Å². The van der Waals surface area contributed by atoms with Gasteiger partial charge in [0.15, 0.2) is 0 Å². The standard InChI is InChI=1S/C17H17BrCl2/c1-17(2,3)14-7-5-4-6-12(14)16(18)13-9-8-11(19)10-15(13)20/h4-10,16H,1-3H3. The number of hydrogen-bond acceptors (Lipinski definition) is 0. The molecule has 0 saturated carbocycles. The molecule has 3 heteroatoms. The Bertz CT molecular complexity index is 615. The first kappa shape index (κ1) is 15.9. The number of rotatable bonds is 2. The Morgan fingerprint density at radius 2 is 1.60 bits per heavy atom. The normalized spacial score (nSPS) is 13.3. The topological polar surface area (TPSA) is 0 Å². The van der Waals surface area contributed by atoms with Crippen molar-refractivity contribution >= 4 is 39.1 Å². The molecule has 0 aliphatic heterocycles. The van der Waals surface area contributed by atoms with Crippen LogP contribution in [0.4, 0.5) is 0 Å². The molecular weight excluding hydrogens is 355 g/mol. The van der Waals surface area contributed by atoms with Crippen molar-refractivity contribution in [2.24, 2.45) is 0 Å². The molecule has 0 heterocycles. The van der Waals surface area contributed by atoms with Gasteiger partial charge in [0.25, 0.3) is 0 Å². The van der Waals surface area contributed by atoms with Gasteiger partial charge in [0.2, 0.25) is 0 Å².